The Bertz CT molecular complexity index is 1140. The Kier molecular flexibility index (Phi) is 8.07. The summed E-state index contributed by atoms with van der Waals surface area (Å²) in [6.45, 7) is 0.0974. The minimum Gasteiger partial charge on any atom is -0.493 e. The molecule has 0 saturated heterocycles. The molecule has 1 amide bonds. The number of nitriles is 1. The molecule has 0 aromatic heterocycles. The smallest absolute Gasteiger partial charge is 0.277 e. The van der Waals surface area contributed by atoms with Crippen LogP contribution in [0.1, 0.15) is 16.7 Å². The van der Waals surface area contributed by atoms with Gasteiger partial charge in [-0.3, -0.25) is 4.79 Å². The third-order valence-corrected chi connectivity index (χ3v) is 4.65. The minimum absolute atomic E-state index is 0.207. The van der Waals surface area contributed by atoms with E-state index < -0.39 is 5.91 Å². The third kappa shape index (κ3) is 6.49. The van der Waals surface area contributed by atoms with Crippen LogP contribution >= 0.6 is 11.6 Å². The van der Waals surface area contributed by atoms with Crippen molar-refractivity contribution in [1.82, 2.24) is 5.43 Å². The zero-order valence-corrected chi connectivity index (χ0v) is 18.0. The number of hydrogen-bond acceptors (Lipinski definition) is 6. The molecule has 8 heteroatoms. The highest BCUT2D eigenvalue weighted by Gasteiger charge is 2.07. The van der Waals surface area contributed by atoms with Crippen molar-refractivity contribution in [3.63, 3.8) is 0 Å². The normalized spacial score (nSPS) is 10.4. The molecule has 3 aromatic rings. The van der Waals surface area contributed by atoms with E-state index in [1.165, 1.54) is 6.21 Å². The van der Waals surface area contributed by atoms with Gasteiger partial charge in [0.1, 0.15) is 12.4 Å². The van der Waals surface area contributed by atoms with E-state index in [1.54, 1.807) is 55.6 Å². The maximum atomic E-state index is 11.9. The summed E-state index contributed by atoms with van der Waals surface area (Å²) in [6.07, 6.45) is 1.49. The Morgan fingerprint density at radius 1 is 1.09 bits per heavy atom. The van der Waals surface area contributed by atoms with Crippen molar-refractivity contribution in [2.75, 3.05) is 13.7 Å². The molecular weight excluding hydrogens is 430 g/mol. The Labute approximate surface area is 190 Å². The molecule has 162 valence electrons. The number of methoxy groups -OCH3 is 1. The topological polar surface area (TPSA) is 92.9 Å². The van der Waals surface area contributed by atoms with Gasteiger partial charge in [0.15, 0.2) is 18.1 Å². The SMILES string of the molecule is COc1cc(/C=N/NC(=O)COc2ccc(C#N)cc2)ccc1OCc1ccccc1Cl. The summed E-state index contributed by atoms with van der Waals surface area (Å²) in [7, 11) is 1.54. The maximum Gasteiger partial charge on any atom is 0.277 e. The van der Waals surface area contributed by atoms with E-state index in [9.17, 15) is 4.79 Å². The molecule has 1 N–H and O–H groups in total. The van der Waals surface area contributed by atoms with Gasteiger partial charge >= 0.3 is 0 Å². The fraction of sp³-hybridized carbons (Fsp3) is 0.125. The molecule has 3 rings (SSSR count). The van der Waals surface area contributed by atoms with E-state index in [1.807, 2.05) is 24.3 Å². The average Bonchev–Trinajstić information content (AvgIpc) is 2.83. The number of rotatable bonds is 9. The number of hydrazone groups is 1. The Hall–Kier alpha value is -4.02. The lowest BCUT2D eigenvalue weighted by atomic mass is 10.2. The molecule has 32 heavy (non-hydrogen) atoms. The summed E-state index contributed by atoms with van der Waals surface area (Å²) in [5, 5.41) is 13.3. The van der Waals surface area contributed by atoms with Crippen LogP contribution in [0.3, 0.4) is 0 Å². The van der Waals surface area contributed by atoms with Crippen molar-refractivity contribution in [3.05, 3.63) is 88.4 Å². The fourth-order valence-electron chi connectivity index (χ4n) is 2.64. The number of nitrogens with zero attached hydrogens (tertiary/aromatic N) is 2. The van der Waals surface area contributed by atoms with Crippen LogP contribution in [0.25, 0.3) is 0 Å². The van der Waals surface area contributed by atoms with Gasteiger partial charge in [0.2, 0.25) is 0 Å². The van der Waals surface area contributed by atoms with E-state index in [-0.39, 0.29) is 6.61 Å². The first-order valence-corrected chi connectivity index (χ1v) is 9.96. The van der Waals surface area contributed by atoms with Crippen LogP contribution in [0.2, 0.25) is 5.02 Å². The molecule has 0 atom stereocenters. The summed E-state index contributed by atoms with van der Waals surface area (Å²) in [5.74, 6) is 1.15. The summed E-state index contributed by atoms with van der Waals surface area (Å²) in [5.41, 5.74) is 4.49. The van der Waals surface area contributed by atoms with Crippen LogP contribution in [0.5, 0.6) is 17.2 Å². The first-order valence-electron chi connectivity index (χ1n) is 9.58. The molecule has 0 bridgehead atoms. The minimum atomic E-state index is -0.419. The lowest BCUT2D eigenvalue weighted by molar-refractivity contribution is -0.123. The van der Waals surface area contributed by atoms with Crippen LogP contribution < -0.4 is 19.6 Å². The van der Waals surface area contributed by atoms with Gasteiger partial charge in [-0.2, -0.15) is 10.4 Å². The van der Waals surface area contributed by atoms with Gasteiger partial charge in [-0.1, -0.05) is 29.8 Å². The number of ether oxygens (including phenoxy) is 3. The predicted molar refractivity (Wildman–Crippen MR) is 121 cm³/mol. The highest BCUT2D eigenvalue weighted by atomic mass is 35.5. The second-order valence-corrected chi connectivity index (χ2v) is 6.92. The summed E-state index contributed by atoms with van der Waals surface area (Å²) in [6, 6.07) is 21.2. The van der Waals surface area contributed by atoms with Crippen LogP contribution in [-0.4, -0.2) is 25.8 Å². The van der Waals surface area contributed by atoms with Crippen LogP contribution in [0, 0.1) is 11.3 Å². The zero-order valence-electron chi connectivity index (χ0n) is 17.2. The number of carbonyl (C=O) groups excluding carboxylic acids is 1. The molecule has 0 radical (unpaired) electrons. The highest BCUT2D eigenvalue weighted by molar-refractivity contribution is 6.31. The van der Waals surface area contributed by atoms with E-state index >= 15 is 0 Å². The number of hydrogen-bond donors (Lipinski definition) is 1. The Morgan fingerprint density at radius 2 is 1.88 bits per heavy atom. The van der Waals surface area contributed by atoms with E-state index in [0.717, 1.165) is 5.56 Å². The Balaban J connectivity index is 1.52. The number of carbonyl (C=O) groups is 1. The zero-order chi connectivity index (χ0) is 22.8. The van der Waals surface area contributed by atoms with Gasteiger partial charge in [0.25, 0.3) is 5.91 Å². The summed E-state index contributed by atoms with van der Waals surface area (Å²) in [4.78, 5) is 11.9. The molecule has 7 nitrogen and oxygen atoms in total. The van der Waals surface area contributed by atoms with Gasteiger partial charge in [-0.05, 0) is 54.1 Å². The Morgan fingerprint density at radius 3 is 2.59 bits per heavy atom. The van der Waals surface area contributed by atoms with E-state index in [2.05, 4.69) is 10.5 Å². The molecule has 0 aliphatic heterocycles. The van der Waals surface area contributed by atoms with E-state index in [0.29, 0.717) is 40.0 Å². The largest absolute Gasteiger partial charge is 0.493 e. The fourth-order valence-corrected chi connectivity index (χ4v) is 2.83. The highest BCUT2D eigenvalue weighted by Crippen LogP contribution is 2.29. The first kappa shape index (κ1) is 22.7. The standard InChI is InChI=1S/C24H20ClN3O4/c1-30-23-12-18(8-11-22(23)32-15-19-4-2-3-5-21(19)25)14-27-28-24(29)16-31-20-9-6-17(13-26)7-10-20/h2-12,14H,15-16H2,1H3,(H,28,29)/b27-14+. The number of benzene rings is 3. The van der Waals surface area contributed by atoms with Crippen molar-refractivity contribution in [1.29, 1.82) is 5.26 Å². The lowest BCUT2D eigenvalue weighted by Gasteiger charge is -2.12. The van der Waals surface area contributed by atoms with Crippen molar-refractivity contribution in [2.45, 2.75) is 6.61 Å². The van der Waals surface area contributed by atoms with Crippen molar-refractivity contribution in [2.24, 2.45) is 5.10 Å². The average molecular weight is 450 g/mol. The van der Waals surface area contributed by atoms with Gasteiger partial charge in [-0.15, -0.1) is 0 Å². The van der Waals surface area contributed by atoms with Crippen LogP contribution in [-0.2, 0) is 11.4 Å². The van der Waals surface area contributed by atoms with Crippen molar-refractivity contribution in [3.8, 4) is 23.3 Å². The van der Waals surface area contributed by atoms with Gasteiger partial charge in [0.05, 0.1) is 25.0 Å². The third-order valence-electron chi connectivity index (χ3n) is 4.28. The molecule has 0 unspecified atom stereocenters. The van der Waals surface area contributed by atoms with Crippen molar-refractivity contribution >= 4 is 23.7 Å². The summed E-state index contributed by atoms with van der Waals surface area (Å²) < 4.78 is 16.6. The van der Waals surface area contributed by atoms with E-state index in [4.69, 9.17) is 31.1 Å². The molecule has 0 fully saturated rings. The number of nitrogens with one attached hydrogen (secondary N) is 1. The molecular formula is C24H20ClN3O4. The lowest BCUT2D eigenvalue weighted by Crippen LogP contribution is -2.24. The summed E-state index contributed by atoms with van der Waals surface area (Å²) >= 11 is 6.16. The quantitative estimate of drug-likeness (QED) is 0.387. The second kappa shape index (κ2) is 11.4. The molecule has 3 aromatic carbocycles. The maximum absolute atomic E-state index is 11.9. The van der Waals surface area contributed by atoms with Gasteiger partial charge in [0, 0.05) is 10.6 Å². The molecule has 0 spiro atoms. The number of halogens is 1. The van der Waals surface area contributed by atoms with Gasteiger partial charge < -0.3 is 14.2 Å². The second-order valence-electron chi connectivity index (χ2n) is 6.51. The van der Waals surface area contributed by atoms with Crippen LogP contribution in [0.15, 0.2) is 71.8 Å². The molecule has 0 aliphatic rings. The first-order chi connectivity index (χ1) is 15.6. The monoisotopic (exact) mass is 449 g/mol. The number of amides is 1. The van der Waals surface area contributed by atoms with Gasteiger partial charge in [-0.25, -0.2) is 5.43 Å². The van der Waals surface area contributed by atoms with Crippen LogP contribution in [0.4, 0.5) is 0 Å². The molecule has 0 heterocycles. The predicted octanol–water partition coefficient (Wildman–Crippen LogP) is 4.33. The molecule has 0 aliphatic carbocycles. The molecule has 0 saturated carbocycles. The van der Waals surface area contributed by atoms with Crippen molar-refractivity contribution < 1.29 is 19.0 Å².